The van der Waals surface area contributed by atoms with Crippen LogP contribution in [0.4, 0.5) is 0 Å². The Morgan fingerprint density at radius 2 is 2.19 bits per heavy atom. The van der Waals surface area contributed by atoms with E-state index < -0.39 is 5.97 Å². The highest BCUT2D eigenvalue weighted by molar-refractivity contribution is 6.03. The summed E-state index contributed by atoms with van der Waals surface area (Å²) >= 11 is 0. The van der Waals surface area contributed by atoms with Gasteiger partial charge in [-0.25, -0.2) is 4.79 Å². The molecule has 4 heteroatoms. The minimum absolute atomic E-state index is 0.276. The standard InChI is InChI=1S/C17H19NO3/c19-17(20)16-13-7-3-4-8-14(13)21-15(16)11-18-10-9-12-5-1-2-6-12/h3-5,7-8,18H,1-2,6,9-11H2,(H,19,20). The maximum absolute atomic E-state index is 11.4. The number of rotatable bonds is 6. The molecule has 0 spiro atoms. The maximum atomic E-state index is 11.4. The molecule has 1 aromatic heterocycles. The fraction of sp³-hybridized carbons (Fsp3) is 0.353. The van der Waals surface area contributed by atoms with Gasteiger partial charge < -0.3 is 14.8 Å². The Kier molecular flexibility index (Phi) is 4.06. The molecule has 0 amide bonds. The lowest BCUT2D eigenvalue weighted by molar-refractivity contribution is 0.0696. The van der Waals surface area contributed by atoms with Crippen molar-refractivity contribution in [1.82, 2.24) is 5.32 Å². The number of furan rings is 1. The van der Waals surface area contributed by atoms with Crippen LogP contribution in [0, 0.1) is 0 Å². The summed E-state index contributed by atoms with van der Waals surface area (Å²) in [4.78, 5) is 11.4. The molecule has 1 aliphatic carbocycles. The van der Waals surface area contributed by atoms with Gasteiger partial charge in [0.15, 0.2) is 0 Å². The Morgan fingerprint density at radius 3 is 2.95 bits per heavy atom. The fourth-order valence-electron chi connectivity index (χ4n) is 2.87. The molecule has 0 saturated heterocycles. The molecule has 0 radical (unpaired) electrons. The van der Waals surface area contributed by atoms with Gasteiger partial charge >= 0.3 is 5.97 Å². The molecule has 0 fully saturated rings. The van der Waals surface area contributed by atoms with Crippen LogP contribution in [0.1, 0.15) is 41.8 Å². The first-order valence-corrected chi connectivity index (χ1v) is 7.38. The van der Waals surface area contributed by atoms with Crippen molar-refractivity contribution < 1.29 is 14.3 Å². The zero-order valence-electron chi connectivity index (χ0n) is 11.9. The number of hydrogen-bond acceptors (Lipinski definition) is 3. The summed E-state index contributed by atoms with van der Waals surface area (Å²) < 4.78 is 5.67. The van der Waals surface area contributed by atoms with Crippen molar-refractivity contribution in [3.05, 3.63) is 47.2 Å². The predicted octanol–water partition coefficient (Wildman–Crippen LogP) is 3.72. The molecule has 0 aliphatic heterocycles. The zero-order chi connectivity index (χ0) is 14.7. The quantitative estimate of drug-likeness (QED) is 0.627. The van der Waals surface area contributed by atoms with Crippen LogP contribution in [0.5, 0.6) is 0 Å². The molecule has 3 rings (SSSR count). The number of benzene rings is 1. The van der Waals surface area contributed by atoms with Crippen molar-refractivity contribution in [2.24, 2.45) is 0 Å². The van der Waals surface area contributed by atoms with Crippen molar-refractivity contribution in [2.45, 2.75) is 32.2 Å². The summed E-state index contributed by atoms with van der Waals surface area (Å²) in [5, 5.41) is 13.3. The highest BCUT2D eigenvalue weighted by Crippen LogP contribution is 2.26. The van der Waals surface area contributed by atoms with E-state index in [0.717, 1.165) is 13.0 Å². The van der Waals surface area contributed by atoms with Crippen LogP contribution in [0.15, 0.2) is 40.3 Å². The number of carbonyl (C=O) groups is 1. The second-order valence-electron chi connectivity index (χ2n) is 5.38. The molecule has 0 atom stereocenters. The largest absolute Gasteiger partial charge is 0.478 e. The minimum Gasteiger partial charge on any atom is -0.478 e. The molecule has 2 N–H and O–H groups in total. The number of carboxylic acids is 1. The van der Waals surface area contributed by atoms with Crippen molar-refractivity contribution >= 4 is 16.9 Å². The third-order valence-electron chi connectivity index (χ3n) is 3.93. The number of aromatic carboxylic acids is 1. The lowest BCUT2D eigenvalue weighted by Gasteiger charge is -2.04. The fourth-order valence-corrected chi connectivity index (χ4v) is 2.87. The van der Waals surface area contributed by atoms with Crippen LogP contribution in [0.3, 0.4) is 0 Å². The summed E-state index contributed by atoms with van der Waals surface area (Å²) in [5.74, 6) is -0.431. The van der Waals surface area contributed by atoms with E-state index in [4.69, 9.17) is 4.42 Å². The van der Waals surface area contributed by atoms with Crippen LogP contribution in [-0.4, -0.2) is 17.6 Å². The molecule has 0 unspecified atom stereocenters. The Morgan fingerprint density at radius 1 is 1.33 bits per heavy atom. The monoisotopic (exact) mass is 285 g/mol. The minimum atomic E-state index is -0.935. The number of hydrogen-bond donors (Lipinski definition) is 2. The predicted molar refractivity (Wildman–Crippen MR) is 81.4 cm³/mol. The second kappa shape index (κ2) is 6.14. The first-order valence-electron chi connectivity index (χ1n) is 7.38. The molecule has 4 nitrogen and oxygen atoms in total. The lowest BCUT2D eigenvalue weighted by Crippen LogP contribution is -2.16. The highest BCUT2D eigenvalue weighted by Gasteiger charge is 2.19. The third kappa shape index (κ3) is 3.00. The maximum Gasteiger partial charge on any atom is 0.339 e. The van der Waals surface area contributed by atoms with Crippen molar-refractivity contribution in [3.8, 4) is 0 Å². The molecule has 2 aromatic rings. The van der Waals surface area contributed by atoms with Gasteiger partial charge in [0.1, 0.15) is 16.9 Å². The first-order chi connectivity index (χ1) is 10.3. The van der Waals surface area contributed by atoms with Crippen molar-refractivity contribution in [1.29, 1.82) is 0 Å². The molecule has 110 valence electrons. The van der Waals surface area contributed by atoms with E-state index in [9.17, 15) is 9.90 Å². The van der Waals surface area contributed by atoms with Gasteiger partial charge in [-0.05, 0) is 38.3 Å². The molecular weight excluding hydrogens is 266 g/mol. The first kappa shape index (κ1) is 13.9. The summed E-state index contributed by atoms with van der Waals surface area (Å²) in [6.07, 6.45) is 7.00. The normalized spacial score (nSPS) is 14.6. The number of allylic oxidation sites excluding steroid dienone is 1. The van der Waals surface area contributed by atoms with E-state index >= 15 is 0 Å². The topological polar surface area (TPSA) is 62.5 Å². The van der Waals surface area contributed by atoms with Crippen LogP contribution in [0.25, 0.3) is 11.0 Å². The zero-order valence-corrected chi connectivity index (χ0v) is 11.9. The van der Waals surface area contributed by atoms with Crippen molar-refractivity contribution in [3.63, 3.8) is 0 Å². The summed E-state index contributed by atoms with van der Waals surface area (Å²) in [6.45, 7) is 1.30. The lowest BCUT2D eigenvalue weighted by atomic mass is 10.1. The van der Waals surface area contributed by atoms with Gasteiger partial charge in [0.25, 0.3) is 0 Å². The third-order valence-corrected chi connectivity index (χ3v) is 3.93. The smallest absolute Gasteiger partial charge is 0.339 e. The SMILES string of the molecule is O=C(O)c1c(CNCCC2=CCCC2)oc2ccccc12. The Balaban J connectivity index is 1.68. The molecule has 0 saturated carbocycles. The number of nitrogens with one attached hydrogen (secondary N) is 1. The summed E-state index contributed by atoms with van der Waals surface area (Å²) in [6, 6.07) is 7.26. The molecule has 1 aromatic carbocycles. The Bertz CT molecular complexity index is 684. The number of para-hydroxylation sites is 1. The summed E-state index contributed by atoms with van der Waals surface area (Å²) in [5.41, 5.74) is 2.41. The van der Waals surface area contributed by atoms with Crippen LogP contribution in [-0.2, 0) is 6.54 Å². The molecule has 0 bridgehead atoms. The van der Waals surface area contributed by atoms with E-state index in [-0.39, 0.29) is 5.56 Å². The van der Waals surface area contributed by atoms with Gasteiger partial charge in [0, 0.05) is 5.39 Å². The number of carboxylic acid groups (broad SMARTS) is 1. The average Bonchev–Trinajstić information content (AvgIpc) is 3.10. The van der Waals surface area contributed by atoms with Crippen LogP contribution < -0.4 is 5.32 Å². The van der Waals surface area contributed by atoms with E-state index in [0.29, 0.717) is 23.3 Å². The highest BCUT2D eigenvalue weighted by atomic mass is 16.4. The number of fused-ring (bicyclic) bond motifs is 1. The van der Waals surface area contributed by atoms with E-state index in [1.165, 1.54) is 24.8 Å². The van der Waals surface area contributed by atoms with Crippen molar-refractivity contribution in [2.75, 3.05) is 6.54 Å². The Labute approximate surface area is 123 Å². The van der Waals surface area contributed by atoms with Crippen LogP contribution >= 0.6 is 0 Å². The second-order valence-corrected chi connectivity index (χ2v) is 5.38. The Hall–Kier alpha value is -2.07. The van der Waals surface area contributed by atoms with Gasteiger partial charge in [0.2, 0.25) is 0 Å². The van der Waals surface area contributed by atoms with Gasteiger partial charge in [-0.3, -0.25) is 0 Å². The van der Waals surface area contributed by atoms with E-state index in [1.54, 1.807) is 12.1 Å². The van der Waals surface area contributed by atoms with Gasteiger partial charge in [-0.2, -0.15) is 0 Å². The van der Waals surface area contributed by atoms with Gasteiger partial charge in [-0.15, -0.1) is 0 Å². The summed E-state index contributed by atoms with van der Waals surface area (Å²) in [7, 11) is 0. The molecule has 1 aliphatic rings. The molecular formula is C17H19NO3. The van der Waals surface area contributed by atoms with Gasteiger partial charge in [-0.1, -0.05) is 29.8 Å². The van der Waals surface area contributed by atoms with Gasteiger partial charge in [0.05, 0.1) is 6.54 Å². The van der Waals surface area contributed by atoms with E-state index in [2.05, 4.69) is 11.4 Å². The molecule has 1 heterocycles. The van der Waals surface area contributed by atoms with E-state index in [1.807, 2.05) is 12.1 Å². The molecule has 21 heavy (non-hydrogen) atoms. The average molecular weight is 285 g/mol. The van der Waals surface area contributed by atoms with Crippen LogP contribution in [0.2, 0.25) is 0 Å².